The van der Waals surface area contributed by atoms with Gasteiger partial charge in [0, 0.05) is 23.5 Å². The fourth-order valence-electron chi connectivity index (χ4n) is 3.61. The monoisotopic (exact) mass is 410 g/mol. The molecule has 1 fully saturated rings. The van der Waals surface area contributed by atoms with Gasteiger partial charge >= 0.3 is 0 Å². The first-order chi connectivity index (χ1) is 13.3. The van der Waals surface area contributed by atoms with Crippen LogP contribution in [0.4, 0.5) is 4.39 Å². The molecule has 0 aliphatic heterocycles. The molecule has 3 rings (SSSR count). The summed E-state index contributed by atoms with van der Waals surface area (Å²) in [6, 6.07) is 4.25. The van der Waals surface area contributed by atoms with Crippen molar-refractivity contribution in [2.75, 3.05) is 13.2 Å². The van der Waals surface area contributed by atoms with Crippen LogP contribution in [0, 0.1) is 0 Å². The van der Waals surface area contributed by atoms with Crippen LogP contribution < -0.4 is 10.9 Å². The second kappa shape index (κ2) is 8.19. The third-order valence-corrected chi connectivity index (χ3v) is 5.77. The van der Waals surface area contributed by atoms with Crippen LogP contribution in [0.2, 0.25) is 5.02 Å². The minimum atomic E-state index is -1.14. The number of halogens is 2. The number of amides is 1. The molecule has 3 N–H and O–H groups in total. The Balaban J connectivity index is 1.89. The Morgan fingerprint density at radius 3 is 2.68 bits per heavy atom. The van der Waals surface area contributed by atoms with Crippen molar-refractivity contribution < 1.29 is 19.4 Å². The molecule has 1 aliphatic carbocycles. The molecule has 0 spiro atoms. The molecule has 8 heteroatoms. The highest BCUT2D eigenvalue weighted by Crippen LogP contribution is 2.30. The zero-order chi connectivity index (χ0) is 20.5. The number of aromatic nitrogens is 1. The normalized spacial score (nSPS) is 23.5. The maximum atomic E-state index is 13.3. The van der Waals surface area contributed by atoms with E-state index in [-0.39, 0.29) is 55.0 Å². The summed E-state index contributed by atoms with van der Waals surface area (Å²) < 4.78 is 14.7. The van der Waals surface area contributed by atoms with Crippen molar-refractivity contribution in [2.45, 2.75) is 50.4 Å². The van der Waals surface area contributed by atoms with Gasteiger partial charge in [-0.15, -0.1) is 0 Å². The van der Waals surface area contributed by atoms with Gasteiger partial charge < -0.3 is 20.1 Å². The van der Waals surface area contributed by atoms with Crippen molar-refractivity contribution in [3.8, 4) is 0 Å². The van der Waals surface area contributed by atoms with Crippen LogP contribution in [0.5, 0.6) is 0 Å². The number of fused-ring (bicyclic) bond motifs is 1. The Morgan fingerprint density at radius 1 is 1.36 bits per heavy atom. The number of hydrogen-bond acceptors (Lipinski definition) is 4. The largest absolute Gasteiger partial charge is 0.394 e. The summed E-state index contributed by atoms with van der Waals surface area (Å²) in [6.07, 6.45) is 1.71. The lowest BCUT2D eigenvalue weighted by Gasteiger charge is -2.33. The molecule has 0 bridgehead atoms. The summed E-state index contributed by atoms with van der Waals surface area (Å²) in [6.45, 7) is 1.51. The van der Waals surface area contributed by atoms with Gasteiger partial charge in [-0.3, -0.25) is 9.59 Å². The number of nitrogens with one attached hydrogen (secondary N) is 1. The van der Waals surface area contributed by atoms with Crippen molar-refractivity contribution in [1.29, 1.82) is 0 Å². The van der Waals surface area contributed by atoms with Crippen LogP contribution in [0.1, 0.15) is 49.0 Å². The quantitative estimate of drug-likeness (QED) is 0.706. The molecule has 0 radical (unpaired) electrons. The van der Waals surface area contributed by atoms with E-state index in [1.54, 1.807) is 19.1 Å². The zero-order valence-electron chi connectivity index (χ0n) is 15.6. The van der Waals surface area contributed by atoms with E-state index in [9.17, 15) is 24.2 Å². The Labute approximate surface area is 166 Å². The third kappa shape index (κ3) is 4.06. The van der Waals surface area contributed by atoms with Gasteiger partial charge in [0.2, 0.25) is 0 Å². The minimum absolute atomic E-state index is 0.0100. The lowest BCUT2D eigenvalue weighted by molar-refractivity contribution is -0.0127. The molecule has 1 heterocycles. The predicted molar refractivity (Wildman–Crippen MR) is 106 cm³/mol. The van der Waals surface area contributed by atoms with Crippen LogP contribution in [-0.4, -0.2) is 45.6 Å². The molecule has 2 aromatic rings. The molecular weight excluding hydrogens is 387 g/mol. The molecule has 1 amide bonds. The molecule has 6 nitrogen and oxygen atoms in total. The van der Waals surface area contributed by atoms with E-state index in [0.717, 1.165) is 0 Å². The average molecular weight is 411 g/mol. The fourth-order valence-corrected chi connectivity index (χ4v) is 3.86. The Kier molecular flexibility index (Phi) is 6.07. The number of hydrogen-bond donors (Lipinski definition) is 3. The first-order valence-electron chi connectivity index (χ1n) is 9.34. The Bertz CT molecular complexity index is 938. The molecule has 1 aromatic heterocycles. The highest BCUT2D eigenvalue weighted by molar-refractivity contribution is 6.35. The van der Waals surface area contributed by atoms with E-state index in [4.69, 9.17) is 11.6 Å². The summed E-state index contributed by atoms with van der Waals surface area (Å²) in [7, 11) is 0. The van der Waals surface area contributed by atoms with Gasteiger partial charge in [0.1, 0.15) is 6.17 Å². The second-order valence-corrected chi connectivity index (χ2v) is 7.93. The number of benzene rings is 1. The van der Waals surface area contributed by atoms with Gasteiger partial charge in [-0.1, -0.05) is 11.6 Å². The average Bonchev–Trinajstić information content (AvgIpc) is 2.68. The van der Waals surface area contributed by atoms with Gasteiger partial charge in [0.25, 0.3) is 11.5 Å². The van der Waals surface area contributed by atoms with Gasteiger partial charge in [-0.2, -0.15) is 0 Å². The first kappa shape index (κ1) is 20.8. The van der Waals surface area contributed by atoms with Crippen molar-refractivity contribution in [3.63, 3.8) is 0 Å². The number of alkyl halides is 1. The van der Waals surface area contributed by atoms with Crippen molar-refractivity contribution >= 4 is 28.3 Å². The van der Waals surface area contributed by atoms with E-state index in [1.165, 1.54) is 16.8 Å². The van der Waals surface area contributed by atoms with Crippen molar-refractivity contribution in [1.82, 2.24) is 9.88 Å². The van der Waals surface area contributed by atoms with Gasteiger partial charge in [0.15, 0.2) is 0 Å². The first-order valence-corrected chi connectivity index (χ1v) is 9.72. The molecule has 1 atom stereocenters. The highest BCUT2D eigenvalue weighted by atomic mass is 35.5. The van der Waals surface area contributed by atoms with Gasteiger partial charge in [0.05, 0.1) is 28.8 Å². The van der Waals surface area contributed by atoms with Crippen LogP contribution in [0.3, 0.4) is 0 Å². The highest BCUT2D eigenvalue weighted by Gasteiger charge is 2.33. The summed E-state index contributed by atoms with van der Waals surface area (Å²) in [5.74, 6) is -0.501. The molecule has 1 aliphatic rings. The maximum Gasteiger partial charge on any atom is 0.258 e. The topological polar surface area (TPSA) is 91.6 Å². The molecule has 152 valence electrons. The maximum absolute atomic E-state index is 13.3. The molecular formula is C20H24ClFN2O4. The van der Waals surface area contributed by atoms with Crippen molar-refractivity contribution in [3.05, 3.63) is 45.3 Å². The molecule has 0 unspecified atom stereocenters. The van der Waals surface area contributed by atoms with E-state index in [1.807, 2.05) is 0 Å². The van der Waals surface area contributed by atoms with Crippen LogP contribution in [-0.2, 0) is 0 Å². The molecule has 0 saturated heterocycles. The second-order valence-electron chi connectivity index (χ2n) is 7.53. The van der Waals surface area contributed by atoms with E-state index in [2.05, 4.69) is 5.32 Å². The molecule has 1 saturated carbocycles. The lowest BCUT2D eigenvalue weighted by atomic mass is 9.84. The predicted octanol–water partition coefficient (Wildman–Crippen LogP) is 2.58. The number of carbonyl (C=O) groups excluding carboxylic acids is 1. The smallest absolute Gasteiger partial charge is 0.258 e. The number of pyridine rings is 1. The van der Waals surface area contributed by atoms with Crippen LogP contribution in [0.25, 0.3) is 10.8 Å². The minimum Gasteiger partial charge on any atom is -0.394 e. The zero-order valence-corrected chi connectivity index (χ0v) is 16.4. The molecule has 1 aromatic carbocycles. The van der Waals surface area contributed by atoms with E-state index in [0.29, 0.717) is 10.8 Å². The Morgan fingerprint density at radius 2 is 2.04 bits per heavy atom. The van der Waals surface area contributed by atoms with Crippen LogP contribution in [0.15, 0.2) is 29.2 Å². The van der Waals surface area contributed by atoms with Gasteiger partial charge in [-0.05, 0) is 50.8 Å². The number of aliphatic hydroxyl groups excluding tert-OH is 1. The standard InChI is InChI=1S/C20H24ClFN2O4/c1-12(10-25)24-9-6-14-15(19(24)27)2-3-16(21)17(14)18(26)23-11-20(28)7-4-13(22)5-8-20/h2-3,6,9,12-13,25,28H,4-5,7-8,10-11H2,1H3,(H,23,26)/t12-,13?,20?/m1/s1. The van der Waals surface area contributed by atoms with Crippen molar-refractivity contribution in [2.24, 2.45) is 0 Å². The summed E-state index contributed by atoms with van der Waals surface area (Å²) >= 11 is 6.23. The SMILES string of the molecule is C[C@H](CO)n1ccc2c(C(=O)NCC3(O)CCC(F)CC3)c(Cl)ccc2c1=O. The third-order valence-electron chi connectivity index (χ3n) is 5.45. The summed E-state index contributed by atoms with van der Waals surface area (Å²) in [5.41, 5.74) is -1.31. The van der Waals surface area contributed by atoms with E-state index < -0.39 is 23.7 Å². The summed E-state index contributed by atoms with van der Waals surface area (Å²) in [4.78, 5) is 25.5. The summed E-state index contributed by atoms with van der Waals surface area (Å²) in [5, 5.41) is 23.4. The number of nitrogens with zero attached hydrogens (tertiary/aromatic N) is 1. The molecule has 28 heavy (non-hydrogen) atoms. The lowest BCUT2D eigenvalue weighted by Crippen LogP contribution is -2.45. The fraction of sp³-hybridized carbons (Fsp3) is 0.500. The Hall–Kier alpha value is -1.96. The van der Waals surface area contributed by atoms with Gasteiger partial charge in [-0.25, -0.2) is 4.39 Å². The van der Waals surface area contributed by atoms with E-state index >= 15 is 0 Å². The number of rotatable bonds is 5. The van der Waals surface area contributed by atoms with Crippen LogP contribution >= 0.6 is 11.6 Å². The number of aliphatic hydroxyl groups is 2. The number of carbonyl (C=O) groups is 1.